The van der Waals surface area contributed by atoms with Crippen LogP contribution in [0.4, 0.5) is 0 Å². The highest BCUT2D eigenvalue weighted by molar-refractivity contribution is 5.91. The van der Waals surface area contributed by atoms with Gasteiger partial charge in [0.25, 0.3) is 0 Å². The summed E-state index contributed by atoms with van der Waals surface area (Å²) in [4.78, 5) is 23.1. The van der Waals surface area contributed by atoms with Crippen molar-refractivity contribution in [2.24, 2.45) is 5.73 Å². The molecule has 1 aliphatic rings. The van der Waals surface area contributed by atoms with Crippen LogP contribution in [-0.2, 0) is 9.59 Å². The number of nitrogens with one attached hydrogen (secondary N) is 2. The Hall–Kier alpha value is -1.10. The number of carbonyl (C=O) groups excluding carboxylic acids is 2. The molecule has 15 heavy (non-hydrogen) atoms. The van der Waals surface area contributed by atoms with E-state index in [2.05, 4.69) is 10.6 Å². The molecule has 0 bridgehead atoms. The topological polar surface area (TPSA) is 84.2 Å². The van der Waals surface area contributed by atoms with Crippen molar-refractivity contribution in [1.29, 1.82) is 0 Å². The molecule has 1 aliphatic heterocycles. The second kappa shape index (κ2) is 4.61. The van der Waals surface area contributed by atoms with Crippen LogP contribution >= 0.6 is 0 Å². The molecule has 5 heteroatoms. The number of hydrogen-bond donors (Lipinski definition) is 3. The molecule has 2 amide bonds. The summed E-state index contributed by atoms with van der Waals surface area (Å²) in [5, 5.41) is 5.43. The first-order valence-corrected chi connectivity index (χ1v) is 5.29. The Morgan fingerprint density at radius 3 is 2.80 bits per heavy atom. The van der Waals surface area contributed by atoms with E-state index in [9.17, 15) is 9.59 Å². The van der Waals surface area contributed by atoms with Gasteiger partial charge in [0.2, 0.25) is 11.8 Å². The van der Waals surface area contributed by atoms with Gasteiger partial charge in [-0.3, -0.25) is 9.59 Å². The zero-order valence-corrected chi connectivity index (χ0v) is 9.30. The van der Waals surface area contributed by atoms with Gasteiger partial charge in [0.05, 0.1) is 5.54 Å². The third-order valence-electron chi connectivity index (χ3n) is 2.43. The lowest BCUT2D eigenvalue weighted by atomic mass is 10.0. The molecule has 0 spiro atoms. The van der Waals surface area contributed by atoms with Crippen molar-refractivity contribution in [1.82, 2.24) is 10.6 Å². The van der Waals surface area contributed by atoms with Crippen LogP contribution in [0.2, 0.25) is 0 Å². The van der Waals surface area contributed by atoms with Crippen LogP contribution in [0.15, 0.2) is 0 Å². The molecule has 1 rings (SSSR count). The second-order valence-corrected chi connectivity index (χ2v) is 4.53. The molecule has 0 aliphatic carbocycles. The lowest BCUT2D eigenvalue weighted by Crippen LogP contribution is -2.55. The third-order valence-corrected chi connectivity index (χ3v) is 2.43. The van der Waals surface area contributed by atoms with Gasteiger partial charge in [-0.1, -0.05) is 0 Å². The zero-order valence-electron chi connectivity index (χ0n) is 9.30. The van der Waals surface area contributed by atoms with Gasteiger partial charge < -0.3 is 16.4 Å². The summed E-state index contributed by atoms with van der Waals surface area (Å²) in [7, 11) is 0. The van der Waals surface area contributed by atoms with Gasteiger partial charge in [-0.05, 0) is 33.1 Å². The molecular formula is C10H19N3O2. The average Bonchev–Trinajstić information content (AvgIpc) is 2.30. The van der Waals surface area contributed by atoms with E-state index in [0.29, 0.717) is 13.0 Å². The average molecular weight is 213 g/mol. The van der Waals surface area contributed by atoms with Gasteiger partial charge in [-0.2, -0.15) is 0 Å². The van der Waals surface area contributed by atoms with Gasteiger partial charge in [0.15, 0.2) is 0 Å². The van der Waals surface area contributed by atoms with Crippen molar-refractivity contribution >= 4 is 11.8 Å². The lowest BCUT2D eigenvalue weighted by Gasteiger charge is -2.22. The molecule has 4 N–H and O–H groups in total. The molecule has 1 saturated heterocycles. The summed E-state index contributed by atoms with van der Waals surface area (Å²) in [6.07, 6.45) is 2.59. The summed E-state index contributed by atoms with van der Waals surface area (Å²) in [6, 6.07) is -0.428. The van der Waals surface area contributed by atoms with Crippen LogP contribution in [0, 0.1) is 0 Å². The van der Waals surface area contributed by atoms with Crippen molar-refractivity contribution in [2.75, 3.05) is 6.54 Å². The normalized spacial score (nSPS) is 22.9. The largest absolute Gasteiger partial charge is 0.354 e. The minimum absolute atomic E-state index is 0.106. The Labute approximate surface area is 89.8 Å². The predicted octanol–water partition coefficient (Wildman–Crippen LogP) is -0.491. The highest BCUT2D eigenvalue weighted by Gasteiger charge is 2.28. The highest BCUT2D eigenvalue weighted by Crippen LogP contribution is 2.07. The number of hydrogen-bond acceptors (Lipinski definition) is 3. The van der Waals surface area contributed by atoms with Gasteiger partial charge in [-0.25, -0.2) is 0 Å². The fourth-order valence-corrected chi connectivity index (χ4v) is 1.42. The molecule has 0 aromatic heterocycles. The maximum absolute atomic E-state index is 11.6. The van der Waals surface area contributed by atoms with Gasteiger partial charge in [0, 0.05) is 6.54 Å². The van der Waals surface area contributed by atoms with Crippen LogP contribution in [0.5, 0.6) is 0 Å². The van der Waals surface area contributed by atoms with E-state index in [1.165, 1.54) is 0 Å². The van der Waals surface area contributed by atoms with Gasteiger partial charge in [0.1, 0.15) is 6.04 Å². The van der Waals surface area contributed by atoms with Crippen molar-refractivity contribution in [3.8, 4) is 0 Å². The Balaban J connectivity index is 2.56. The quantitative estimate of drug-likeness (QED) is 0.578. The van der Waals surface area contributed by atoms with Crippen molar-refractivity contribution in [2.45, 2.75) is 44.7 Å². The number of rotatable bonds is 2. The maximum atomic E-state index is 11.6. The smallest absolute Gasteiger partial charge is 0.242 e. The maximum Gasteiger partial charge on any atom is 0.242 e. The molecule has 1 unspecified atom stereocenters. The molecular weight excluding hydrogens is 194 g/mol. The van der Waals surface area contributed by atoms with E-state index in [-0.39, 0.29) is 11.8 Å². The lowest BCUT2D eigenvalue weighted by molar-refractivity contribution is -0.131. The minimum Gasteiger partial charge on any atom is -0.354 e. The molecule has 1 atom stereocenters. The Morgan fingerprint density at radius 2 is 2.20 bits per heavy atom. The standard InChI is InChI=1S/C10H19N3O2/c1-10(2,11)9(15)13-7-5-3-4-6-12-8(7)14/h7H,3-6,11H2,1-2H3,(H,12,14)(H,13,15). The monoisotopic (exact) mass is 213 g/mol. The summed E-state index contributed by atoms with van der Waals surface area (Å²) in [6.45, 7) is 3.94. The van der Waals surface area contributed by atoms with Crippen molar-refractivity contribution in [3.05, 3.63) is 0 Å². The summed E-state index contributed by atoms with van der Waals surface area (Å²) in [5.74, 6) is -0.394. The first kappa shape index (κ1) is 12.0. The Morgan fingerprint density at radius 1 is 1.53 bits per heavy atom. The van der Waals surface area contributed by atoms with Crippen LogP contribution in [0.1, 0.15) is 33.1 Å². The molecule has 0 radical (unpaired) electrons. The molecule has 5 nitrogen and oxygen atoms in total. The van der Waals surface area contributed by atoms with E-state index in [1.54, 1.807) is 13.8 Å². The van der Waals surface area contributed by atoms with E-state index in [4.69, 9.17) is 5.73 Å². The van der Waals surface area contributed by atoms with Crippen molar-refractivity contribution in [3.63, 3.8) is 0 Å². The fraction of sp³-hybridized carbons (Fsp3) is 0.800. The number of carbonyl (C=O) groups is 2. The van der Waals surface area contributed by atoms with E-state index in [1.807, 2.05) is 0 Å². The van der Waals surface area contributed by atoms with Crippen LogP contribution in [0.3, 0.4) is 0 Å². The van der Waals surface area contributed by atoms with Crippen LogP contribution in [0.25, 0.3) is 0 Å². The SMILES string of the molecule is CC(C)(N)C(=O)NC1CCCCNC1=O. The molecule has 1 fully saturated rings. The summed E-state index contributed by atoms with van der Waals surface area (Å²) >= 11 is 0. The molecule has 0 saturated carbocycles. The molecule has 0 aromatic rings. The van der Waals surface area contributed by atoms with Crippen LogP contribution in [-0.4, -0.2) is 29.9 Å². The highest BCUT2D eigenvalue weighted by atomic mass is 16.2. The Bertz CT molecular complexity index is 258. The minimum atomic E-state index is -0.938. The van der Waals surface area contributed by atoms with E-state index in [0.717, 1.165) is 12.8 Å². The van der Waals surface area contributed by atoms with Crippen LogP contribution < -0.4 is 16.4 Å². The first-order valence-electron chi connectivity index (χ1n) is 5.29. The fourth-order valence-electron chi connectivity index (χ4n) is 1.42. The van der Waals surface area contributed by atoms with E-state index < -0.39 is 11.6 Å². The molecule has 86 valence electrons. The predicted molar refractivity (Wildman–Crippen MR) is 57.1 cm³/mol. The summed E-state index contributed by atoms with van der Waals surface area (Å²) in [5.41, 5.74) is 4.70. The van der Waals surface area contributed by atoms with Gasteiger partial charge >= 0.3 is 0 Å². The van der Waals surface area contributed by atoms with Crippen molar-refractivity contribution < 1.29 is 9.59 Å². The zero-order chi connectivity index (χ0) is 11.5. The van der Waals surface area contributed by atoms with Gasteiger partial charge in [-0.15, -0.1) is 0 Å². The first-order chi connectivity index (χ1) is 6.91. The summed E-state index contributed by atoms with van der Waals surface area (Å²) < 4.78 is 0. The molecule has 1 heterocycles. The number of nitrogens with two attached hydrogens (primary N) is 1. The van der Waals surface area contributed by atoms with E-state index >= 15 is 0 Å². The Kier molecular flexibility index (Phi) is 3.68. The third kappa shape index (κ3) is 3.51. The second-order valence-electron chi connectivity index (χ2n) is 4.53. The number of amides is 2. The molecule has 0 aromatic carbocycles.